The molecule has 1 fully saturated rings. The smallest absolute Gasteiger partial charge is 0.221 e. The summed E-state index contributed by atoms with van der Waals surface area (Å²) in [6.07, 6.45) is 1.41. The third-order valence-electron chi connectivity index (χ3n) is 5.37. The number of aliphatic hydroxyl groups excluding tert-OH is 1. The minimum atomic E-state index is -0.259. The van der Waals surface area contributed by atoms with Crippen LogP contribution in [0, 0.1) is 0 Å². The number of aliphatic hydroxyl groups is 1. The van der Waals surface area contributed by atoms with Crippen LogP contribution in [0.3, 0.4) is 0 Å². The Morgan fingerprint density at radius 3 is 2.64 bits per heavy atom. The molecule has 28 heavy (non-hydrogen) atoms. The van der Waals surface area contributed by atoms with Crippen LogP contribution >= 0.6 is 35.0 Å². The molecule has 2 N–H and O–H groups in total. The minimum Gasteiger partial charge on any atom is -0.392 e. The van der Waals surface area contributed by atoms with Crippen molar-refractivity contribution in [1.82, 2.24) is 4.90 Å². The molecule has 2 aromatic rings. The normalized spacial score (nSPS) is 24.4. The summed E-state index contributed by atoms with van der Waals surface area (Å²) >= 11 is 14.6. The number of likely N-dealkylation sites (tertiary alicyclic amines) is 1. The van der Waals surface area contributed by atoms with E-state index < -0.39 is 0 Å². The molecule has 0 spiro atoms. The van der Waals surface area contributed by atoms with Crippen molar-refractivity contribution < 1.29 is 9.90 Å². The maximum absolute atomic E-state index is 11.2. The average Bonchev–Trinajstić information content (AvgIpc) is 3.20. The molecular formula is C21H22Cl2N2O2S. The summed E-state index contributed by atoms with van der Waals surface area (Å²) in [6.45, 7) is 3.09. The van der Waals surface area contributed by atoms with Crippen LogP contribution in [-0.2, 0) is 11.2 Å². The number of thioether (sulfide) groups is 1. The number of nitrogens with one attached hydrogen (secondary N) is 1. The van der Waals surface area contributed by atoms with Gasteiger partial charge in [-0.25, -0.2) is 0 Å². The number of nitrogens with zero attached hydrogens (tertiary/aromatic N) is 1. The quantitative estimate of drug-likeness (QED) is 0.723. The van der Waals surface area contributed by atoms with Gasteiger partial charge in [-0.15, -0.1) is 11.8 Å². The second-order valence-corrected chi connectivity index (χ2v) is 9.47. The van der Waals surface area contributed by atoms with Gasteiger partial charge in [0.05, 0.1) is 11.4 Å². The van der Waals surface area contributed by atoms with Crippen LogP contribution in [0.25, 0.3) is 0 Å². The number of anilines is 1. The molecule has 148 valence electrons. The molecule has 2 aliphatic rings. The van der Waals surface area contributed by atoms with Crippen molar-refractivity contribution in [2.45, 2.75) is 42.1 Å². The Morgan fingerprint density at radius 2 is 2.00 bits per heavy atom. The molecule has 7 heteroatoms. The Hall–Kier alpha value is -1.24. The van der Waals surface area contributed by atoms with E-state index in [0.29, 0.717) is 11.6 Å². The molecule has 2 unspecified atom stereocenters. The molecular weight excluding hydrogens is 415 g/mol. The standard InChI is InChI=1S/C21H22Cl2N2O2S/c1-12(26)24-14-2-4-16(5-3-14)28-21-18-8-13(22)9-19(23)17(18)10-20(21)25-7-6-15(27)11-25/h2-5,8-9,15,20-21,27H,6-7,10-11H2,1H3,(H,24,26)/t15?,20-,21?/m0/s1. The van der Waals surface area contributed by atoms with Gasteiger partial charge in [0.2, 0.25) is 5.91 Å². The third kappa shape index (κ3) is 4.19. The fourth-order valence-electron chi connectivity index (χ4n) is 4.11. The van der Waals surface area contributed by atoms with Crippen molar-refractivity contribution in [3.05, 3.63) is 57.6 Å². The van der Waals surface area contributed by atoms with E-state index >= 15 is 0 Å². The molecule has 4 nitrogen and oxygen atoms in total. The Balaban J connectivity index is 1.62. The number of carbonyl (C=O) groups is 1. The van der Waals surface area contributed by atoms with Crippen molar-refractivity contribution in [1.29, 1.82) is 0 Å². The van der Waals surface area contributed by atoms with E-state index in [1.165, 1.54) is 12.5 Å². The number of β-amino-alcohol motifs (C(OH)–C–C–N with tert-alkyl or cyclic N) is 1. The third-order valence-corrected chi connectivity index (χ3v) is 7.29. The van der Waals surface area contributed by atoms with Gasteiger partial charge in [0.25, 0.3) is 0 Å². The molecule has 2 aromatic carbocycles. The first kappa shape index (κ1) is 20.0. The maximum atomic E-state index is 11.2. The number of halogens is 2. The number of carbonyl (C=O) groups excluding carboxylic acids is 1. The van der Waals surface area contributed by atoms with Crippen LogP contribution in [0.1, 0.15) is 29.7 Å². The van der Waals surface area contributed by atoms with E-state index in [0.717, 1.165) is 40.6 Å². The second-order valence-electron chi connectivity index (χ2n) is 7.41. The first-order chi connectivity index (χ1) is 13.4. The molecule has 1 aliphatic heterocycles. The molecule has 0 bridgehead atoms. The molecule has 0 radical (unpaired) electrons. The molecule has 1 amide bonds. The lowest BCUT2D eigenvalue weighted by molar-refractivity contribution is -0.114. The highest BCUT2D eigenvalue weighted by atomic mass is 35.5. The number of benzene rings is 2. The largest absolute Gasteiger partial charge is 0.392 e. The van der Waals surface area contributed by atoms with E-state index in [2.05, 4.69) is 10.2 Å². The maximum Gasteiger partial charge on any atom is 0.221 e. The fraction of sp³-hybridized carbons (Fsp3) is 0.381. The van der Waals surface area contributed by atoms with Gasteiger partial charge in [-0.05, 0) is 60.4 Å². The van der Waals surface area contributed by atoms with Crippen LogP contribution in [-0.4, -0.2) is 41.1 Å². The highest BCUT2D eigenvalue weighted by Crippen LogP contribution is 2.50. The second kappa shape index (κ2) is 8.25. The monoisotopic (exact) mass is 436 g/mol. The van der Waals surface area contributed by atoms with Crippen LogP contribution in [0.15, 0.2) is 41.3 Å². The summed E-state index contributed by atoms with van der Waals surface area (Å²) < 4.78 is 0. The summed E-state index contributed by atoms with van der Waals surface area (Å²) in [4.78, 5) is 14.7. The first-order valence-corrected chi connectivity index (χ1v) is 11.0. The van der Waals surface area contributed by atoms with Gasteiger partial charge in [-0.2, -0.15) is 0 Å². The van der Waals surface area contributed by atoms with Crippen LogP contribution in [0.2, 0.25) is 10.0 Å². The first-order valence-electron chi connectivity index (χ1n) is 9.35. The van der Waals surface area contributed by atoms with Crippen molar-refractivity contribution in [2.24, 2.45) is 0 Å². The summed E-state index contributed by atoms with van der Waals surface area (Å²) in [5.41, 5.74) is 3.12. The van der Waals surface area contributed by atoms with Gasteiger partial charge in [-0.3, -0.25) is 9.69 Å². The molecule has 0 aromatic heterocycles. The number of hydrogen-bond donors (Lipinski definition) is 2. The van der Waals surface area contributed by atoms with E-state index in [4.69, 9.17) is 23.2 Å². The summed E-state index contributed by atoms with van der Waals surface area (Å²) in [5.74, 6) is -0.0814. The fourth-order valence-corrected chi connectivity index (χ4v) is 6.05. The minimum absolute atomic E-state index is 0.0814. The number of hydrogen-bond acceptors (Lipinski definition) is 4. The Bertz CT molecular complexity index is 891. The number of amides is 1. The molecule has 3 atom stereocenters. The zero-order valence-corrected chi connectivity index (χ0v) is 17.8. The van der Waals surface area contributed by atoms with E-state index in [-0.39, 0.29) is 23.3 Å². The Kier molecular flexibility index (Phi) is 5.91. The van der Waals surface area contributed by atoms with Crippen LogP contribution in [0.5, 0.6) is 0 Å². The van der Waals surface area contributed by atoms with Crippen molar-refractivity contribution in [2.75, 3.05) is 18.4 Å². The summed E-state index contributed by atoms with van der Waals surface area (Å²) in [6, 6.07) is 12.0. The molecule has 4 rings (SSSR count). The van der Waals surface area contributed by atoms with Gasteiger partial charge in [0.15, 0.2) is 0 Å². The van der Waals surface area contributed by atoms with Gasteiger partial charge < -0.3 is 10.4 Å². The molecule has 0 saturated carbocycles. The SMILES string of the molecule is CC(=O)Nc1ccc(SC2c3cc(Cl)cc(Cl)c3C[C@@H]2N2CCC(O)C2)cc1. The lowest BCUT2D eigenvalue weighted by Crippen LogP contribution is -2.36. The lowest BCUT2D eigenvalue weighted by Gasteiger charge is -2.29. The number of rotatable bonds is 4. The van der Waals surface area contributed by atoms with Gasteiger partial charge in [0, 0.05) is 46.7 Å². The van der Waals surface area contributed by atoms with Gasteiger partial charge in [0.1, 0.15) is 0 Å². The van der Waals surface area contributed by atoms with Crippen molar-refractivity contribution in [3.8, 4) is 0 Å². The average molecular weight is 437 g/mol. The predicted octanol–water partition coefficient (Wildman–Crippen LogP) is 4.78. The summed E-state index contributed by atoms with van der Waals surface area (Å²) in [5, 5.41) is 14.4. The zero-order valence-electron chi connectivity index (χ0n) is 15.5. The van der Waals surface area contributed by atoms with Gasteiger partial charge in [-0.1, -0.05) is 23.2 Å². The van der Waals surface area contributed by atoms with Crippen molar-refractivity contribution >= 4 is 46.6 Å². The topological polar surface area (TPSA) is 52.6 Å². The Morgan fingerprint density at radius 1 is 1.25 bits per heavy atom. The molecule has 1 heterocycles. The van der Waals surface area contributed by atoms with Gasteiger partial charge >= 0.3 is 0 Å². The number of fused-ring (bicyclic) bond motifs is 1. The molecule has 1 saturated heterocycles. The van der Waals surface area contributed by atoms with E-state index in [1.807, 2.05) is 36.4 Å². The van der Waals surface area contributed by atoms with Crippen molar-refractivity contribution in [3.63, 3.8) is 0 Å². The zero-order chi connectivity index (χ0) is 19.8. The van der Waals surface area contributed by atoms with E-state index in [1.54, 1.807) is 11.8 Å². The lowest BCUT2D eigenvalue weighted by atomic mass is 10.1. The molecule has 1 aliphatic carbocycles. The highest BCUT2D eigenvalue weighted by molar-refractivity contribution is 7.99. The Labute approximate surface area is 179 Å². The summed E-state index contributed by atoms with van der Waals surface area (Å²) in [7, 11) is 0. The predicted molar refractivity (Wildman–Crippen MR) is 115 cm³/mol. The van der Waals surface area contributed by atoms with Crippen LogP contribution < -0.4 is 5.32 Å². The highest BCUT2D eigenvalue weighted by Gasteiger charge is 2.40. The van der Waals surface area contributed by atoms with Crippen LogP contribution in [0.4, 0.5) is 5.69 Å². The van der Waals surface area contributed by atoms with E-state index in [9.17, 15) is 9.90 Å².